The zero-order valence-corrected chi connectivity index (χ0v) is 24.2. The fourth-order valence-corrected chi connectivity index (χ4v) is 4.26. The van der Waals surface area contributed by atoms with E-state index in [-0.39, 0.29) is 23.2 Å². The van der Waals surface area contributed by atoms with Crippen molar-refractivity contribution in [3.05, 3.63) is 101 Å². The first-order valence-electron chi connectivity index (χ1n) is 13.3. The second-order valence-corrected chi connectivity index (χ2v) is 10.9. The Hall–Kier alpha value is -3.47. The van der Waals surface area contributed by atoms with Crippen molar-refractivity contribution in [1.29, 1.82) is 0 Å². The van der Waals surface area contributed by atoms with Gasteiger partial charge >= 0.3 is 0 Å². The quantitative estimate of drug-likeness (QED) is 0.234. The number of aryl methyl sites for hydroxylation is 1. The van der Waals surface area contributed by atoms with Gasteiger partial charge in [0, 0.05) is 41.8 Å². The van der Waals surface area contributed by atoms with Crippen molar-refractivity contribution >= 4 is 18.0 Å². The Bertz CT molecular complexity index is 1200. The van der Waals surface area contributed by atoms with Crippen LogP contribution in [-0.4, -0.2) is 25.0 Å². The van der Waals surface area contributed by atoms with Crippen LogP contribution in [0.3, 0.4) is 0 Å². The van der Waals surface area contributed by atoms with E-state index >= 15 is 0 Å². The SMILES string of the molecule is C=CCC(C)(C)C(=C)NC(C(=N/C=C(C=NC)\C1=C\c2cc(F)ccc2CC\C=C/1)/C(C)=C(\C)N)C(C)C. The summed E-state index contributed by atoms with van der Waals surface area (Å²) in [6.45, 7) is 20.8. The molecule has 1 aliphatic carbocycles. The van der Waals surface area contributed by atoms with Gasteiger partial charge in [-0.3, -0.25) is 9.98 Å². The average molecular weight is 517 g/mol. The molecule has 204 valence electrons. The van der Waals surface area contributed by atoms with E-state index in [0.29, 0.717) is 5.70 Å². The number of benzene rings is 1. The maximum absolute atomic E-state index is 14.1. The summed E-state index contributed by atoms with van der Waals surface area (Å²) in [5.74, 6) is -0.0325. The van der Waals surface area contributed by atoms with Crippen molar-refractivity contribution in [1.82, 2.24) is 5.32 Å². The lowest BCUT2D eigenvalue weighted by molar-refractivity contribution is 0.393. The first kappa shape index (κ1) is 30.8. The largest absolute Gasteiger partial charge is 0.402 e. The van der Waals surface area contributed by atoms with Crippen LogP contribution < -0.4 is 11.1 Å². The van der Waals surface area contributed by atoms with Crippen LogP contribution in [0.5, 0.6) is 0 Å². The number of hydrogen-bond donors (Lipinski definition) is 2. The van der Waals surface area contributed by atoms with Gasteiger partial charge in [0.05, 0.1) is 11.8 Å². The number of hydrogen-bond acceptors (Lipinski definition) is 4. The third-order valence-corrected chi connectivity index (χ3v) is 6.98. The third-order valence-electron chi connectivity index (χ3n) is 6.98. The van der Waals surface area contributed by atoms with Gasteiger partial charge in [0.25, 0.3) is 0 Å². The number of aliphatic imine (C=N–C) groups is 2. The molecule has 0 amide bonds. The molecule has 1 aromatic carbocycles. The number of halogens is 1. The highest BCUT2D eigenvalue weighted by atomic mass is 19.1. The maximum Gasteiger partial charge on any atom is 0.123 e. The molecule has 0 saturated heterocycles. The Labute approximate surface area is 229 Å². The normalized spacial score (nSPS) is 18.6. The molecule has 0 bridgehead atoms. The molecule has 0 fully saturated rings. The summed E-state index contributed by atoms with van der Waals surface area (Å²) in [6, 6.07) is 4.86. The second kappa shape index (κ2) is 13.9. The zero-order chi connectivity index (χ0) is 28.5. The van der Waals surface area contributed by atoms with Gasteiger partial charge in [0.1, 0.15) is 5.82 Å². The highest BCUT2D eigenvalue weighted by Crippen LogP contribution is 2.29. The molecule has 1 aliphatic rings. The molecule has 1 aromatic rings. The number of rotatable bonds is 11. The predicted molar refractivity (Wildman–Crippen MR) is 164 cm³/mol. The standard InChI is InChI=1S/C33H45FN4/c1-10-17-33(7,8)25(6)38-31(22(2)3)32(23(4)24(5)35)37-21-29(20-36-9)27-14-12-11-13-26-15-16-30(34)19-28(26)18-27/h10,12,14-16,18-22,31,38H,1,6,11,13,17,35H2,2-5,7-9H3/b14-12-,24-23+,27-18+,29-21-,36-20?,37-32+. The maximum atomic E-state index is 14.1. The summed E-state index contributed by atoms with van der Waals surface area (Å²) in [5, 5.41) is 3.65. The van der Waals surface area contributed by atoms with Crippen LogP contribution in [0, 0.1) is 17.2 Å². The van der Waals surface area contributed by atoms with Gasteiger partial charge in [-0.2, -0.15) is 0 Å². The summed E-state index contributed by atoms with van der Waals surface area (Å²) >= 11 is 0. The fraction of sp³-hybridized carbons (Fsp3) is 0.394. The lowest BCUT2D eigenvalue weighted by Gasteiger charge is -2.33. The Morgan fingerprint density at radius 2 is 1.97 bits per heavy atom. The van der Waals surface area contributed by atoms with Gasteiger partial charge in [0.15, 0.2) is 0 Å². The smallest absolute Gasteiger partial charge is 0.123 e. The van der Waals surface area contributed by atoms with Gasteiger partial charge in [-0.25, -0.2) is 4.39 Å². The van der Waals surface area contributed by atoms with E-state index in [1.54, 1.807) is 19.3 Å². The fourth-order valence-electron chi connectivity index (χ4n) is 4.26. The highest BCUT2D eigenvalue weighted by Gasteiger charge is 2.27. The Balaban J connectivity index is 2.66. The van der Waals surface area contributed by atoms with E-state index in [9.17, 15) is 4.39 Å². The van der Waals surface area contributed by atoms with Crippen LogP contribution >= 0.6 is 0 Å². The van der Waals surface area contributed by atoms with Crippen molar-refractivity contribution in [3.63, 3.8) is 0 Å². The molecule has 2 rings (SSSR count). The van der Waals surface area contributed by atoms with E-state index in [1.165, 1.54) is 6.07 Å². The van der Waals surface area contributed by atoms with Gasteiger partial charge in [-0.1, -0.05) is 58.6 Å². The molecule has 0 heterocycles. The van der Waals surface area contributed by atoms with Gasteiger partial charge in [-0.15, -0.1) is 6.58 Å². The van der Waals surface area contributed by atoms with Crippen LogP contribution in [0.2, 0.25) is 0 Å². The summed E-state index contributed by atoms with van der Waals surface area (Å²) in [6.07, 6.45) is 14.3. The van der Waals surface area contributed by atoms with E-state index in [0.717, 1.165) is 58.5 Å². The zero-order valence-electron chi connectivity index (χ0n) is 24.2. The molecule has 0 radical (unpaired) electrons. The second-order valence-electron chi connectivity index (χ2n) is 10.9. The lowest BCUT2D eigenvalue weighted by atomic mass is 9.84. The highest BCUT2D eigenvalue weighted by molar-refractivity contribution is 6.05. The van der Waals surface area contributed by atoms with Crippen LogP contribution in [0.1, 0.15) is 65.5 Å². The molecule has 3 N–H and O–H groups in total. The minimum atomic E-state index is -0.247. The topological polar surface area (TPSA) is 62.8 Å². The molecule has 0 spiro atoms. The van der Waals surface area contributed by atoms with Crippen molar-refractivity contribution < 1.29 is 4.39 Å². The summed E-state index contributed by atoms with van der Waals surface area (Å²) in [4.78, 5) is 9.31. The lowest BCUT2D eigenvalue weighted by Crippen LogP contribution is -2.44. The molecular weight excluding hydrogens is 471 g/mol. The van der Waals surface area contributed by atoms with Crippen molar-refractivity contribution in [2.24, 2.45) is 27.1 Å². The molecule has 1 atom stereocenters. The van der Waals surface area contributed by atoms with Gasteiger partial charge < -0.3 is 11.1 Å². The van der Waals surface area contributed by atoms with Crippen LogP contribution in [0.15, 0.2) is 93.9 Å². The predicted octanol–water partition coefficient (Wildman–Crippen LogP) is 7.72. The molecule has 4 nitrogen and oxygen atoms in total. The van der Waals surface area contributed by atoms with Crippen LogP contribution in [0.4, 0.5) is 4.39 Å². The third kappa shape index (κ3) is 8.27. The van der Waals surface area contributed by atoms with Crippen molar-refractivity contribution in [3.8, 4) is 0 Å². The number of nitrogens with two attached hydrogens (primary N) is 1. The molecule has 38 heavy (non-hydrogen) atoms. The van der Waals surface area contributed by atoms with Crippen molar-refractivity contribution in [2.45, 2.75) is 66.8 Å². The number of nitrogens with zero attached hydrogens (tertiary/aromatic N) is 2. The minimum Gasteiger partial charge on any atom is -0.402 e. The van der Waals surface area contributed by atoms with E-state index < -0.39 is 0 Å². The van der Waals surface area contributed by atoms with E-state index in [2.05, 4.69) is 63.3 Å². The molecule has 0 aliphatic heterocycles. The molecule has 0 saturated carbocycles. The first-order chi connectivity index (χ1) is 17.9. The van der Waals surface area contributed by atoms with Crippen LogP contribution in [0.25, 0.3) is 6.08 Å². The Kier molecular flexibility index (Phi) is 11.2. The van der Waals surface area contributed by atoms with E-state index in [4.69, 9.17) is 10.7 Å². The molecule has 0 aromatic heterocycles. The number of nitrogens with one attached hydrogen (secondary N) is 1. The number of fused-ring (bicyclic) bond motifs is 1. The molecular formula is C33H45FN4. The van der Waals surface area contributed by atoms with Gasteiger partial charge in [0.2, 0.25) is 0 Å². The summed E-state index contributed by atoms with van der Waals surface area (Å²) in [7, 11) is 1.73. The molecule has 1 unspecified atom stereocenters. The van der Waals surface area contributed by atoms with E-state index in [1.807, 2.05) is 38.3 Å². The molecule has 5 heteroatoms. The van der Waals surface area contributed by atoms with Crippen LogP contribution in [-0.2, 0) is 6.42 Å². The number of allylic oxidation sites excluding steroid dienone is 7. The Morgan fingerprint density at radius 1 is 1.26 bits per heavy atom. The van der Waals surface area contributed by atoms with Gasteiger partial charge in [-0.05, 0) is 79.5 Å². The summed E-state index contributed by atoms with van der Waals surface area (Å²) < 4.78 is 14.1. The monoisotopic (exact) mass is 516 g/mol. The Morgan fingerprint density at radius 3 is 2.58 bits per heavy atom. The average Bonchev–Trinajstić information content (AvgIpc) is 2.83. The van der Waals surface area contributed by atoms with Crippen molar-refractivity contribution in [2.75, 3.05) is 7.05 Å². The minimum absolute atomic E-state index is 0.113. The summed E-state index contributed by atoms with van der Waals surface area (Å²) in [5.41, 5.74) is 13.3. The first-order valence-corrected chi connectivity index (χ1v) is 13.3.